The van der Waals surface area contributed by atoms with Gasteiger partial charge in [-0.3, -0.25) is 10.1 Å². The van der Waals surface area contributed by atoms with Gasteiger partial charge in [-0.15, -0.1) is 0 Å². The Kier molecular flexibility index (Phi) is 6.76. The number of rotatable bonds is 7. The van der Waals surface area contributed by atoms with Gasteiger partial charge in [-0.25, -0.2) is 0 Å². The Bertz CT molecular complexity index is 150. The monoisotopic (exact) mass is 189 g/mol. The van der Waals surface area contributed by atoms with Crippen LogP contribution in [0.3, 0.4) is 0 Å². The van der Waals surface area contributed by atoms with E-state index in [0.29, 0.717) is 6.42 Å². The highest BCUT2D eigenvalue weighted by Gasteiger charge is 2.17. The number of ether oxygens (including phenoxy) is 1. The molecule has 4 heteroatoms. The first kappa shape index (κ1) is 12.6. The van der Waals surface area contributed by atoms with Crippen molar-refractivity contribution in [2.75, 3.05) is 7.11 Å². The highest BCUT2D eigenvalue weighted by molar-refractivity contribution is 5.83. The maximum atomic E-state index is 11.3. The molecule has 0 saturated carbocycles. The normalized spacial score (nSPS) is 15.4. The van der Waals surface area contributed by atoms with Gasteiger partial charge in [0.1, 0.15) is 5.78 Å². The van der Waals surface area contributed by atoms with Crippen LogP contribution in [0.15, 0.2) is 0 Å². The van der Waals surface area contributed by atoms with E-state index in [2.05, 4.69) is 10.1 Å². The van der Waals surface area contributed by atoms with Crippen molar-refractivity contribution in [3.8, 4) is 0 Å². The third kappa shape index (κ3) is 4.98. The summed E-state index contributed by atoms with van der Waals surface area (Å²) in [7, 11) is 1.39. The Balaban J connectivity index is 4.00. The van der Waals surface area contributed by atoms with Crippen LogP contribution in [0.1, 0.15) is 33.1 Å². The van der Waals surface area contributed by atoms with Gasteiger partial charge in [0.2, 0.25) is 6.41 Å². The van der Waals surface area contributed by atoms with Crippen LogP contribution < -0.4 is 5.32 Å². The Labute approximate surface area is 79.3 Å². The molecule has 0 aromatic rings. The third-order valence-electron chi connectivity index (χ3n) is 1.88. The van der Waals surface area contributed by atoms with Crippen LogP contribution >= 0.6 is 0 Å². The highest BCUT2D eigenvalue weighted by Crippen LogP contribution is 2.01. The lowest BCUT2D eigenvalue weighted by Gasteiger charge is -2.19. The fourth-order valence-electron chi connectivity index (χ4n) is 1.11. The van der Waals surface area contributed by atoms with Crippen LogP contribution in [0.5, 0.6) is 0 Å². The van der Waals surface area contributed by atoms with Gasteiger partial charge in [0.05, 0.1) is 6.04 Å². The molecule has 0 amide bonds. The molecule has 2 N–H and O–H groups in total. The molecule has 0 rings (SSSR count). The number of carbonyl (C=O) groups is 1. The molecule has 0 aliphatic heterocycles. The molecule has 78 valence electrons. The minimum absolute atomic E-state index is 0.109. The van der Waals surface area contributed by atoms with E-state index in [1.165, 1.54) is 7.11 Å². The lowest BCUT2D eigenvalue weighted by molar-refractivity contribution is -0.131. The number of methoxy groups -OCH3 is 1. The van der Waals surface area contributed by atoms with Crippen molar-refractivity contribution in [1.29, 1.82) is 0 Å². The van der Waals surface area contributed by atoms with Gasteiger partial charge >= 0.3 is 0 Å². The largest absolute Gasteiger partial charge is 0.356 e. The van der Waals surface area contributed by atoms with E-state index in [-0.39, 0.29) is 11.8 Å². The summed E-state index contributed by atoms with van der Waals surface area (Å²) in [5.41, 5.74) is 0. The summed E-state index contributed by atoms with van der Waals surface area (Å²) in [6.45, 7) is 3.81. The predicted octanol–water partition coefficient (Wildman–Crippen LogP) is 0.646. The molecular weight excluding hydrogens is 170 g/mol. The average molecular weight is 189 g/mol. The van der Waals surface area contributed by atoms with Crippen LogP contribution in [-0.2, 0) is 9.53 Å². The van der Waals surface area contributed by atoms with Crippen LogP contribution in [0.4, 0.5) is 0 Å². The Morgan fingerprint density at radius 1 is 1.54 bits per heavy atom. The lowest BCUT2D eigenvalue weighted by atomic mass is 10.1. The van der Waals surface area contributed by atoms with Crippen LogP contribution in [-0.4, -0.2) is 30.5 Å². The number of hydrogen-bond acceptors (Lipinski definition) is 4. The first-order valence-electron chi connectivity index (χ1n) is 4.65. The molecule has 2 atom stereocenters. The number of aliphatic hydroxyl groups is 1. The summed E-state index contributed by atoms with van der Waals surface area (Å²) >= 11 is 0. The van der Waals surface area contributed by atoms with Crippen LogP contribution in [0.25, 0.3) is 0 Å². The average Bonchev–Trinajstić information content (AvgIpc) is 2.15. The van der Waals surface area contributed by atoms with Gasteiger partial charge < -0.3 is 9.84 Å². The highest BCUT2D eigenvalue weighted by atomic mass is 16.6. The van der Waals surface area contributed by atoms with E-state index >= 15 is 0 Å². The molecule has 13 heavy (non-hydrogen) atoms. The smallest absolute Gasteiger partial charge is 0.213 e. The third-order valence-corrected chi connectivity index (χ3v) is 1.88. The lowest BCUT2D eigenvalue weighted by Crippen LogP contribution is -2.43. The maximum Gasteiger partial charge on any atom is 0.213 e. The first-order chi connectivity index (χ1) is 6.15. The molecule has 0 aromatic heterocycles. The van der Waals surface area contributed by atoms with Gasteiger partial charge in [-0.2, -0.15) is 0 Å². The zero-order valence-electron chi connectivity index (χ0n) is 8.54. The minimum atomic E-state index is -1.05. The van der Waals surface area contributed by atoms with E-state index < -0.39 is 6.41 Å². The number of carbonyl (C=O) groups excluding carboxylic acids is 1. The topological polar surface area (TPSA) is 58.6 Å². The summed E-state index contributed by atoms with van der Waals surface area (Å²) in [6, 6.07) is -0.287. The molecule has 4 nitrogen and oxygen atoms in total. The molecular formula is C9H19NO3. The van der Waals surface area contributed by atoms with Crippen molar-refractivity contribution in [1.82, 2.24) is 5.32 Å². The fourth-order valence-corrected chi connectivity index (χ4v) is 1.11. The molecule has 0 aliphatic rings. The van der Waals surface area contributed by atoms with Crippen molar-refractivity contribution in [3.63, 3.8) is 0 Å². The second-order valence-electron chi connectivity index (χ2n) is 2.92. The second-order valence-corrected chi connectivity index (χ2v) is 2.92. The summed E-state index contributed by atoms with van der Waals surface area (Å²) < 4.78 is 4.61. The zero-order chi connectivity index (χ0) is 10.3. The standard InChI is InChI=1S/C9H19NO3/c1-4-6-7(8(11)5-2)10-9(12)13-3/h7,9-10,12H,4-6H2,1-3H3. The Morgan fingerprint density at radius 2 is 2.15 bits per heavy atom. The molecule has 0 fully saturated rings. The van der Waals surface area contributed by atoms with Gasteiger partial charge in [0.25, 0.3) is 0 Å². The van der Waals surface area contributed by atoms with E-state index in [1.54, 1.807) is 0 Å². The predicted molar refractivity (Wildman–Crippen MR) is 50.1 cm³/mol. The quantitative estimate of drug-likeness (QED) is 0.577. The number of hydrogen-bond donors (Lipinski definition) is 2. The minimum Gasteiger partial charge on any atom is -0.356 e. The number of Topliss-reactive ketones (excluding diaryl/α,β-unsaturated/α-hetero) is 1. The molecule has 0 bridgehead atoms. The molecule has 0 spiro atoms. The number of nitrogens with one attached hydrogen (secondary N) is 1. The van der Waals surface area contributed by atoms with Gasteiger partial charge in [0.15, 0.2) is 0 Å². The van der Waals surface area contributed by atoms with E-state index in [4.69, 9.17) is 5.11 Å². The fraction of sp³-hybridized carbons (Fsp3) is 0.889. The van der Waals surface area contributed by atoms with Crippen molar-refractivity contribution in [2.45, 2.75) is 45.6 Å². The van der Waals surface area contributed by atoms with Crippen LogP contribution in [0, 0.1) is 0 Å². The van der Waals surface area contributed by atoms with Gasteiger partial charge in [-0.05, 0) is 6.42 Å². The molecule has 2 unspecified atom stereocenters. The Hall–Kier alpha value is -0.450. The SMILES string of the molecule is CCCC(NC(O)OC)C(=O)CC. The number of ketones is 1. The summed E-state index contributed by atoms with van der Waals surface area (Å²) in [6.07, 6.45) is 1.06. The maximum absolute atomic E-state index is 11.3. The van der Waals surface area contributed by atoms with Crippen molar-refractivity contribution < 1.29 is 14.6 Å². The Morgan fingerprint density at radius 3 is 2.54 bits per heavy atom. The van der Waals surface area contributed by atoms with E-state index in [0.717, 1.165) is 12.8 Å². The summed E-state index contributed by atoms with van der Waals surface area (Å²) in [5.74, 6) is 0.109. The van der Waals surface area contributed by atoms with Crippen molar-refractivity contribution in [3.05, 3.63) is 0 Å². The first-order valence-corrected chi connectivity index (χ1v) is 4.65. The van der Waals surface area contributed by atoms with Crippen LogP contribution in [0.2, 0.25) is 0 Å². The molecule has 0 saturated heterocycles. The second kappa shape index (κ2) is 7.00. The molecule has 0 radical (unpaired) electrons. The van der Waals surface area contributed by atoms with Gasteiger partial charge in [0, 0.05) is 13.5 Å². The summed E-state index contributed by atoms with van der Waals surface area (Å²) in [4.78, 5) is 11.3. The van der Waals surface area contributed by atoms with Crippen molar-refractivity contribution >= 4 is 5.78 Å². The van der Waals surface area contributed by atoms with Crippen molar-refractivity contribution in [2.24, 2.45) is 0 Å². The molecule has 0 aliphatic carbocycles. The van der Waals surface area contributed by atoms with E-state index in [9.17, 15) is 4.79 Å². The summed E-state index contributed by atoms with van der Waals surface area (Å²) in [5, 5.41) is 11.8. The zero-order valence-corrected chi connectivity index (χ0v) is 8.54. The molecule has 0 heterocycles. The van der Waals surface area contributed by atoms with Gasteiger partial charge in [-0.1, -0.05) is 20.3 Å². The van der Waals surface area contributed by atoms with E-state index in [1.807, 2.05) is 13.8 Å². The molecule has 0 aromatic carbocycles. The number of aliphatic hydroxyl groups excluding tert-OH is 1.